The summed E-state index contributed by atoms with van der Waals surface area (Å²) in [4.78, 5) is 55.0. The molecule has 0 saturated heterocycles. The highest BCUT2D eigenvalue weighted by Gasteiger charge is 2.26. The summed E-state index contributed by atoms with van der Waals surface area (Å²) in [6.45, 7) is 2.00. The lowest BCUT2D eigenvalue weighted by Crippen LogP contribution is -2.35. The van der Waals surface area contributed by atoms with Gasteiger partial charge in [0.2, 0.25) is 30.6 Å². The molecule has 0 aromatic carbocycles. The number of anilines is 3. The van der Waals surface area contributed by atoms with Crippen molar-refractivity contribution in [2.75, 3.05) is 35.8 Å². The van der Waals surface area contributed by atoms with Gasteiger partial charge in [0.05, 0.1) is 17.9 Å². The highest BCUT2D eigenvalue weighted by atomic mass is 16.2. The van der Waals surface area contributed by atoms with Crippen molar-refractivity contribution < 1.29 is 14.4 Å². The molecule has 0 radical (unpaired) electrons. The Bertz CT molecular complexity index is 1210. The second kappa shape index (κ2) is 9.18. The molecule has 3 heterocycles. The predicted molar refractivity (Wildman–Crippen MR) is 121 cm³/mol. The number of likely N-dealkylation sites (N-methyl/N-ethyl adjacent to an activating group) is 1. The molecule has 2 N–H and O–H groups in total. The summed E-state index contributed by atoms with van der Waals surface area (Å²) in [7, 11) is 3.34. The molecule has 12 nitrogen and oxygen atoms in total. The lowest BCUT2D eigenvalue weighted by atomic mass is 10.1. The van der Waals surface area contributed by atoms with Crippen molar-refractivity contribution >= 4 is 42.0 Å². The Morgan fingerprint density at radius 2 is 2.00 bits per heavy atom. The maximum Gasteiger partial charge on any atom is 0.239 e. The highest BCUT2D eigenvalue weighted by molar-refractivity contribution is 5.92. The number of hydrogen-bond donors (Lipinski definition) is 2. The van der Waals surface area contributed by atoms with E-state index in [1.54, 1.807) is 11.8 Å². The molecule has 3 amide bonds. The number of rotatable bonds is 10. The molecule has 172 valence electrons. The number of nitrogens with zero attached hydrogens (tertiary/aromatic N) is 7. The van der Waals surface area contributed by atoms with Crippen LogP contribution in [0.5, 0.6) is 0 Å². The van der Waals surface area contributed by atoms with Crippen molar-refractivity contribution in [1.29, 1.82) is 0 Å². The molecule has 0 spiro atoms. The van der Waals surface area contributed by atoms with Crippen molar-refractivity contribution in [2.45, 2.75) is 32.2 Å². The summed E-state index contributed by atoms with van der Waals surface area (Å²) in [5, 5.41) is 4.98. The smallest absolute Gasteiger partial charge is 0.239 e. The van der Waals surface area contributed by atoms with Crippen LogP contribution >= 0.6 is 0 Å². The van der Waals surface area contributed by atoms with E-state index in [2.05, 4.69) is 25.6 Å². The average Bonchev–Trinajstić information content (AvgIpc) is 3.56. The van der Waals surface area contributed by atoms with Crippen LogP contribution in [0.15, 0.2) is 18.5 Å². The van der Waals surface area contributed by atoms with Crippen LogP contribution in [-0.2, 0) is 20.9 Å². The number of nitrogens with one attached hydrogen (secondary N) is 2. The Labute approximate surface area is 190 Å². The Kier molecular flexibility index (Phi) is 6.16. The van der Waals surface area contributed by atoms with Gasteiger partial charge in [-0.25, -0.2) is 4.98 Å². The maximum atomic E-state index is 11.9. The molecular weight excluding hydrogens is 426 g/mol. The van der Waals surface area contributed by atoms with Gasteiger partial charge in [0.1, 0.15) is 12.4 Å². The maximum absolute atomic E-state index is 11.9. The van der Waals surface area contributed by atoms with Crippen molar-refractivity contribution in [2.24, 2.45) is 0 Å². The molecule has 33 heavy (non-hydrogen) atoms. The van der Waals surface area contributed by atoms with Crippen molar-refractivity contribution in [3.63, 3.8) is 0 Å². The summed E-state index contributed by atoms with van der Waals surface area (Å²) in [5.41, 5.74) is 2.99. The van der Waals surface area contributed by atoms with Gasteiger partial charge in [0.25, 0.3) is 0 Å². The van der Waals surface area contributed by atoms with Crippen LogP contribution in [0, 0.1) is 6.92 Å². The molecule has 1 aliphatic rings. The Hall–Kier alpha value is -4.09. The SMILES string of the molecule is CNC(=O)CN(C=O)c1cc(C2CC2)cn2cc(CN(C)c3nc(C)nc(NC=O)n3)nc12. The fourth-order valence-corrected chi connectivity index (χ4v) is 3.56. The molecule has 1 fully saturated rings. The minimum atomic E-state index is -0.270. The van der Waals surface area contributed by atoms with Gasteiger partial charge in [-0.05, 0) is 37.3 Å². The number of fused-ring (bicyclic) bond motifs is 1. The molecule has 1 saturated carbocycles. The van der Waals surface area contributed by atoms with Gasteiger partial charge in [0, 0.05) is 26.5 Å². The summed E-state index contributed by atoms with van der Waals surface area (Å²) in [6, 6.07) is 1.94. The zero-order valence-corrected chi connectivity index (χ0v) is 18.6. The quantitative estimate of drug-likeness (QED) is 0.428. The van der Waals surface area contributed by atoms with Crippen LogP contribution in [0.3, 0.4) is 0 Å². The lowest BCUT2D eigenvalue weighted by molar-refractivity contribution is -0.120. The zero-order valence-electron chi connectivity index (χ0n) is 18.6. The first-order valence-electron chi connectivity index (χ1n) is 10.5. The third kappa shape index (κ3) is 4.89. The van der Waals surface area contributed by atoms with Crippen LogP contribution in [0.1, 0.15) is 35.8 Å². The number of amides is 3. The predicted octanol–water partition coefficient (Wildman–Crippen LogP) is 0.619. The van der Waals surface area contributed by atoms with Crippen LogP contribution in [0.25, 0.3) is 5.65 Å². The molecule has 12 heteroatoms. The van der Waals surface area contributed by atoms with Crippen LogP contribution in [-0.4, -0.2) is 63.7 Å². The van der Waals surface area contributed by atoms with Gasteiger partial charge < -0.3 is 19.5 Å². The van der Waals surface area contributed by atoms with Crippen LogP contribution in [0.2, 0.25) is 0 Å². The third-order valence-electron chi connectivity index (χ3n) is 5.35. The molecule has 1 aliphatic carbocycles. The highest BCUT2D eigenvalue weighted by Crippen LogP contribution is 2.41. The van der Waals surface area contributed by atoms with Crippen LogP contribution in [0.4, 0.5) is 17.6 Å². The van der Waals surface area contributed by atoms with Crippen molar-refractivity contribution in [1.82, 2.24) is 29.7 Å². The van der Waals surface area contributed by atoms with E-state index in [9.17, 15) is 14.4 Å². The minimum Gasteiger partial charge on any atom is -0.358 e. The number of pyridine rings is 1. The summed E-state index contributed by atoms with van der Waals surface area (Å²) in [6.07, 6.45) is 7.27. The summed E-state index contributed by atoms with van der Waals surface area (Å²) >= 11 is 0. The largest absolute Gasteiger partial charge is 0.358 e. The topological polar surface area (TPSA) is 138 Å². The molecular formula is C21H25N9O3. The van der Waals surface area contributed by atoms with E-state index < -0.39 is 0 Å². The summed E-state index contributed by atoms with van der Waals surface area (Å²) in [5.74, 6) is 1.21. The number of carbonyl (C=O) groups excluding carboxylic acids is 3. The Balaban J connectivity index is 1.67. The van der Waals surface area contributed by atoms with E-state index in [1.165, 1.54) is 11.9 Å². The number of carbonyl (C=O) groups is 3. The van der Waals surface area contributed by atoms with E-state index in [0.29, 0.717) is 48.4 Å². The average molecular weight is 451 g/mol. The van der Waals surface area contributed by atoms with Crippen LogP contribution < -0.4 is 20.4 Å². The third-order valence-corrected chi connectivity index (χ3v) is 5.35. The number of aryl methyl sites for hydroxylation is 1. The lowest BCUT2D eigenvalue weighted by Gasteiger charge is -2.18. The fraction of sp³-hybridized carbons (Fsp3) is 0.381. The summed E-state index contributed by atoms with van der Waals surface area (Å²) < 4.78 is 1.89. The number of aromatic nitrogens is 5. The Morgan fingerprint density at radius 3 is 2.67 bits per heavy atom. The standard InChI is InChI=1S/C21H25N9O3/c1-13-24-20(23-11-31)27-21(25-13)28(3)8-16-9-29-7-15(14-4-5-14)6-17(19(29)26-16)30(12-32)10-18(33)22-2/h6-7,9,11-12,14H,4-5,8,10H2,1-3H3,(H,22,33)(H,23,24,25,27,31). The molecule has 3 aromatic heterocycles. The van der Waals surface area contributed by atoms with E-state index in [-0.39, 0.29) is 18.4 Å². The van der Waals surface area contributed by atoms with Gasteiger partial charge in [-0.2, -0.15) is 15.0 Å². The molecule has 0 bridgehead atoms. The van der Waals surface area contributed by atoms with Gasteiger partial charge in [-0.15, -0.1) is 0 Å². The molecule has 0 atom stereocenters. The second-order valence-electron chi connectivity index (χ2n) is 7.93. The van der Waals surface area contributed by atoms with Gasteiger partial charge >= 0.3 is 0 Å². The number of imidazole rings is 1. The first-order chi connectivity index (χ1) is 15.9. The van der Waals surface area contributed by atoms with E-state index in [4.69, 9.17) is 4.98 Å². The second-order valence-corrected chi connectivity index (χ2v) is 7.93. The van der Waals surface area contributed by atoms with Gasteiger partial charge in [0.15, 0.2) is 5.65 Å². The first-order valence-corrected chi connectivity index (χ1v) is 10.5. The van der Waals surface area contributed by atoms with Crippen molar-refractivity contribution in [3.05, 3.63) is 35.5 Å². The Morgan fingerprint density at radius 1 is 1.21 bits per heavy atom. The normalized spacial score (nSPS) is 12.9. The van der Waals surface area contributed by atoms with E-state index in [1.807, 2.05) is 29.9 Å². The molecule has 4 rings (SSSR count). The fourth-order valence-electron chi connectivity index (χ4n) is 3.56. The molecule has 0 aliphatic heterocycles. The van der Waals surface area contributed by atoms with E-state index >= 15 is 0 Å². The zero-order chi connectivity index (χ0) is 23.5. The molecule has 3 aromatic rings. The van der Waals surface area contributed by atoms with Gasteiger partial charge in [-0.1, -0.05) is 0 Å². The number of hydrogen-bond acceptors (Lipinski definition) is 8. The monoisotopic (exact) mass is 451 g/mol. The first kappa shape index (κ1) is 22.1. The van der Waals surface area contributed by atoms with Crippen molar-refractivity contribution in [3.8, 4) is 0 Å². The van der Waals surface area contributed by atoms with Gasteiger partial charge in [-0.3, -0.25) is 19.7 Å². The van der Waals surface area contributed by atoms with E-state index in [0.717, 1.165) is 24.1 Å². The minimum absolute atomic E-state index is 0.0947. The molecule has 0 unspecified atom stereocenters.